The fourth-order valence-corrected chi connectivity index (χ4v) is 4.30. The van der Waals surface area contributed by atoms with Crippen LogP contribution in [0.25, 0.3) is 0 Å². The molecule has 0 heterocycles. The molecule has 158 valence electrons. The first-order chi connectivity index (χ1) is 13.6. The van der Waals surface area contributed by atoms with Crippen molar-refractivity contribution >= 4 is 21.6 Å². The van der Waals surface area contributed by atoms with E-state index in [4.69, 9.17) is 4.74 Å². The van der Waals surface area contributed by atoms with Crippen LogP contribution in [0.2, 0.25) is 0 Å². The molecule has 1 atom stereocenters. The first-order valence-electron chi connectivity index (χ1n) is 9.68. The number of carbonyl (C=O) groups excluding carboxylic acids is 1. The number of anilines is 1. The van der Waals surface area contributed by atoms with Crippen LogP contribution < -0.4 is 14.4 Å². The number of hydrogen-bond donors (Lipinski definition) is 1. The Kier molecular flexibility index (Phi) is 7.67. The van der Waals surface area contributed by atoms with E-state index in [-0.39, 0.29) is 12.5 Å². The molecule has 29 heavy (non-hydrogen) atoms. The van der Waals surface area contributed by atoms with Gasteiger partial charge in [0.05, 0.1) is 18.5 Å². The number of nitrogens with one attached hydrogen (secondary N) is 1. The Morgan fingerprint density at radius 2 is 1.76 bits per heavy atom. The molecule has 0 aliphatic rings. The van der Waals surface area contributed by atoms with Gasteiger partial charge < -0.3 is 10.1 Å². The van der Waals surface area contributed by atoms with E-state index in [0.717, 1.165) is 28.7 Å². The van der Waals surface area contributed by atoms with Crippen LogP contribution in [0.15, 0.2) is 42.5 Å². The van der Waals surface area contributed by atoms with E-state index in [0.29, 0.717) is 18.7 Å². The minimum Gasteiger partial charge on any atom is -0.491 e. The van der Waals surface area contributed by atoms with E-state index in [1.807, 2.05) is 51.1 Å². The number of ether oxygens (including phenoxy) is 1. The van der Waals surface area contributed by atoms with Crippen molar-refractivity contribution in [3.63, 3.8) is 0 Å². The van der Waals surface area contributed by atoms with Gasteiger partial charge in [0.25, 0.3) is 0 Å². The number of aryl methyl sites for hydroxylation is 2. The molecule has 0 bridgehead atoms. The molecule has 0 saturated heterocycles. The highest BCUT2D eigenvalue weighted by Crippen LogP contribution is 2.23. The van der Waals surface area contributed by atoms with E-state index in [1.165, 1.54) is 4.31 Å². The number of sulfonamides is 1. The highest BCUT2D eigenvalue weighted by molar-refractivity contribution is 7.92. The van der Waals surface area contributed by atoms with E-state index in [9.17, 15) is 13.2 Å². The summed E-state index contributed by atoms with van der Waals surface area (Å²) in [5.74, 6) is 0.437. The van der Waals surface area contributed by atoms with Crippen molar-refractivity contribution in [3.05, 3.63) is 59.2 Å². The summed E-state index contributed by atoms with van der Waals surface area (Å²) in [5.41, 5.74) is 3.70. The van der Waals surface area contributed by atoms with Crippen molar-refractivity contribution in [2.24, 2.45) is 0 Å². The second-order valence-corrected chi connectivity index (χ2v) is 9.02. The number of hydrogen-bond acceptors (Lipinski definition) is 4. The summed E-state index contributed by atoms with van der Waals surface area (Å²) >= 11 is 0. The van der Waals surface area contributed by atoms with E-state index < -0.39 is 16.1 Å². The number of rotatable bonds is 9. The summed E-state index contributed by atoms with van der Waals surface area (Å²) in [6.07, 6.45) is 1.47. The maximum Gasteiger partial charge on any atom is 0.244 e. The Morgan fingerprint density at radius 1 is 1.10 bits per heavy atom. The molecule has 2 aromatic carbocycles. The number of benzene rings is 2. The third-order valence-electron chi connectivity index (χ3n) is 4.83. The second-order valence-electron chi connectivity index (χ2n) is 7.16. The lowest BCUT2D eigenvalue weighted by molar-refractivity contribution is -0.122. The zero-order valence-corrected chi connectivity index (χ0v) is 18.5. The smallest absolute Gasteiger partial charge is 0.244 e. The van der Waals surface area contributed by atoms with Crippen LogP contribution in [0, 0.1) is 20.8 Å². The van der Waals surface area contributed by atoms with Crippen LogP contribution in [0.1, 0.15) is 30.0 Å². The van der Waals surface area contributed by atoms with Crippen molar-refractivity contribution in [1.82, 2.24) is 5.32 Å². The van der Waals surface area contributed by atoms with Crippen LogP contribution in [0.3, 0.4) is 0 Å². The Morgan fingerprint density at radius 3 is 2.34 bits per heavy atom. The molecule has 6 nitrogen and oxygen atoms in total. The average Bonchev–Trinajstić information content (AvgIpc) is 2.66. The van der Waals surface area contributed by atoms with Crippen molar-refractivity contribution in [2.45, 2.75) is 40.2 Å². The van der Waals surface area contributed by atoms with Crippen molar-refractivity contribution in [2.75, 3.05) is 23.7 Å². The Labute approximate surface area is 173 Å². The molecular weight excluding hydrogens is 388 g/mol. The van der Waals surface area contributed by atoms with Gasteiger partial charge in [-0.25, -0.2) is 8.42 Å². The first-order valence-corrected chi connectivity index (χ1v) is 11.5. The summed E-state index contributed by atoms with van der Waals surface area (Å²) in [4.78, 5) is 12.8. The van der Waals surface area contributed by atoms with E-state index in [1.54, 1.807) is 19.1 Å². The predicted molar refractivity (Wildman–Crippen MR) is 117 cm³/mol. The largest absolute Gasteiger partial charge is 0.491 e. The topological polar surface area (TPSA) is 75.7 Å². The lowest BCUT2D eigenvalue weighted by atomic mass is 10.1. The molecule has 0 aliphatic carbocycles. The van der Waals surface area contributed by atoms with Gasteiger partial charge in [-0.2, -0.15) is 0 Å². The summed E-state index contributed by atoms with van der Waals surface area (Å²) in [6.45, 7) is 8.31. The van der Waals surface area contributed by atoms with Gasteiger partial charge in [0, 0.05) is 0 Å². The van der Waals surface area contributed by atoms with Crippen LogP contribution in [0.5, 0.6) is 5.75 Å². The molecule has 0 unspecified atom stereocenters. The molecule has 7 heteroatoms. The molecule has 0 radical (unpaired) electrons. The van der Waals surface area contributed by atoms with E-state index >= 15 is 0 Å². The lowest BCUT2D eigenvalue weighted by Crippen LogP contribution is -2.50. The Bertz CT molecular complexity index is 940. The molecule has 1 N–H and O–H groups in total. The van der Waals surface area contributed by atoms with Crippen molar-refractivity contribution in [1.29, 1.82) is 0 Å². The molecule has 0 aliphatic heterocycles. The molecule has 2 aromatic rings. The normalized spacial score (nSPS) is 12.3. The molecule has 1 amide bonds. The van der Waals surface area contributed by atoms with Gasteiger partial charge in [0.2, 0.25) is 15.9 Å². The molecule has 0 fully saturated rings. The van der Waals surface area contributed by atoms with Crippen LogP contribution in [-0.4, -0.2) is 39.8 Å². The predicted octanol–water partition coefficient (Wildman–Crippen LogP) is 3.35. The quantitative estimate of drug-likeness (QED) is 0.634. The third-order valence-corrected chi connectivity index (χ3v) is 6.01. The van der Waals surface area contributed by atoms with Crippen molar-refractivity contribution < 1.29 is 17.9 Å². The van der Waals surface area contributed by atoms with Gasteiger partial charge in [-0.15, -0.1) is 0 Å². The Hall–Kier alpha value is -2.54. The van der Waals surface area contributed by atoms with Gasteiger partial charge >= 0.3 is 0 Å². The SMILES string of the molecule is CC[C@@H](C(=O)NCCOc1cccc(C)c1C)N(c1ccc(C)cc1)S(C)(=O)=O. The van der Waals surface area contributed by atoms with Gasteiger partial charge in [0.1, 0.15) is 18.4 Å². The number of amides is 1. The van der Waals surface area contributed by atoms with Gasteiger partial charge in [-0.05, 0) is 56.5 Å². The highest BCUT2D eigenvalue weighted by Gasteiger charge is 2.31. The molecule has 0 spiro atoms. The minimum atomic E-state index is -3.63. The lowest BCUT2D eigenvalue weighted by Gasteiger charge is -2.30. The highest BCUT2D eigenvalue weighted by atomic mass is 32.2. The second kappa shape index (κ2) is 9.78. The van der Waals surface area contributed by atoms with Crippen LogP contribution >= 0.6 is 0 Å². The first kappa shape index (κ1) is 22.7. The molecule has 2 rings (SSSR count). The third kappa shape index (κ3) is 5.97. The fourth-order valence-electron chi connectivity index (χ4n) is 3.09. The molecule has 0 saturated carbocycles. The maximum atomic E-state index is 12.8. The van der Waals surface area contributed by atoms with Gasteiger partial charge in [-0.3, -0.25) is 9.10 Å². The van der Waals surface area contributed by atoms with Gasteiger partial charge in [0.15, 0.2) is 0 Å². The summed E-state index contributed by atoms with van der Waals surface area (Å²) < 4.78 is 31.8. The maximum absolute atomic E-state index is 12.8. The number of nitrogens with zero attached hydrogens (tertiary/aromatic N) is 1. The van der Waals surface area contributed by atoms with Crippen LogP contribution in [0.4, 0.5) is 5.69 Å². The standard InChI is InChI=1S/C22H30N2O4S/c1-6-20(24(29(5,26)27)19-12-10-16(2)11-13-19)22(25)23-14-15-28-21-9-7-8-17(3)18(21)4/h7-13,20H,6,14-15H2,1-5H3,(H,23,25)/t20-/m0/s1. The summed E-state index contributed by atoms with van der Waals surface area (Å²) in [5, 5.41) is 2.80. The average molecular weight is 419 g/mol. The fraction of sp³-hybridized carbons (Fsp3) is 0.409. The number of carbonyl (C=O) groups is 1. The van der Waals surface area contributed by atoms with Gasteiger partial charge in [-0.1, -0.05) is 36.8 Å². The zero-order valence-electron chi connectivity index (χ0n) is 17.7. The summed E-state index contributed by atoms with van der Waals surface area (Å²) in [6, 6.07) is 12.1. The molecule has 0 aromatic heterocycles. The zero-order chi connectivity index (χ0) is 21.6. The van der Waals surface area contributed by atoms with E-state index in [2.05, 4.69) is 5.32 Å². The van der Waals surface area contributed by atoms with Crippen LogP contribution in [-0.2, 0) is 14.8 Å². The van der Waals surface area contributed by atoms with Crippen molar-refractivity contribution in [3.8, 4) is 5.75 Å². The molecular formula is C22H30N2O4S. The Balaban J connectivity index is 2.05. The monoisotopic (exact) mass is 418 g/mol. The minimum absolute atomic E-state index is 0.286. The summed E-state index contributed by atoms with van der Waals surface area (Å²) in [7, 11) is -3.63.